The Morgan fingerprint density at radius 2 is 0.414 bits per heavy atom. The van der Waals surface area contributed by atoms with Gasteiger partial charge in [0, 0.05) is 14.2 Å². The number of methoxy groups -OCH3 is 2. The largest absolute Gasteiger partial charge is 0.394 e. The zero-order valence-corrected chi connectivity index (χ0v) is 53.7. The Morgan fingerprint density at radius 1 is 0.192 bits per heavy atom. The summed E-state index contributed by atoms with van der Waals surface area (Å²) in [7, 11) is 2.12. The van der Waals surface area contributed by atoms with Crippen molar-refractivity contribution >= 4 is 0 Å². The van der Waals surface area contributed by atoms with Gasteiger partial charge in [-0.1, -0.05) is 0 Å². The topological polar surface area (TPSA) is 661 Å². The Balaban J connectivity index is 0.976. The van der Waals surface area contributed by atoms with E-state index in [1.54, 1.807) is 0 Å². The summed E-state index contributed by atoms with van der Waals surface area (Å²) < 4.78 is 112. The first kappa shape index (κ1) is 81.4. The molecule has 0 unspecified atom stereocenters. The number of aliphatic hydroxyl groups excluding tert-OH is 24. The summed E-state index contributed by atoms with van der Waals surface area (Å²) in [5.74, 6) is 0. The van der Waals surface area contributed by atoms with Gasteiger partial charge in [-0.05, 0) is 20.8 Å². The standard InChI is InChI=1S/C56H96O43/c1-12-22(64)33(75)45(53(84-12)94-39-23(65)14(3)83-50(36(39)78)93-41-27(69)18(9-60)89-52(38(41)80)99-49-35(77)31(73)25(67)16(7-58)87-49)96-55-46(42(81-4)28(70)19(10-61)90-55)98-56-47(43(82-5)29(71)20(11-62)91-56)97-54-44(32(74)21(63)13(2)85-54)95-51-37(79)40(26(68)17(8-59)88-51)92-48-34(76)30(72)24(66)15(6-57)86-48/h12-80H,6-11H2,1-5H3/t12-,13-,14-,15+,16+,17+,18+,19-,20-,21-,22-,23-,24+,25+,26+,27+,28-,29-,30-,31-,32+,33+,34-,35+,36+,37-,38+,39+,40-,41-,42+,43+,44+,45+,46+,47+,48+,49+,50-,51+,52+,53-,54-,55-,56-/m0/s1. The number of hydrogen-bond donors (Lipinski definition) is 24. The molecule has 9 saturated heterocycles. The average molecular weight is 1460 g/mol. The Kier molecular flexibility index (Phi) is 28.7. The minimum Gasteiger partial charge on any atom is -0.394 e. The zero-order valence-electron chi connectivity index (χ0n) is 53.7. The second kappa shape index (κ2) is 34.9. The van der Waals surface area contributed by atoms with Gasteiger partial charge in [0.25, 0.3) is 0 Å². The Hall–Kier alpha value is -1.72. The van der Waals surface area contributed by atoms with E-state index in [9.17, 15) is 123 Å². The fraction of sp³-hybridized carbons (Fsp3) is 1.00. The van der Waals surface area contributed by atoms with Crippen LogP contribution in [0.15, 0.2) is 0 Å². The number of rotatable bonds is 24. The normalized spacial score (nSPS) is 54.1. The molecule has 9 aliphatic rings. The number of hydrogen-bond acceptors (Lipinski definition) is 43. The molecule has 578 valence electrons. The van der Waals surface area contributed by atoms with E-state index in [4.69, 9.17) is 90.0 Å². The van der Waals surface area contributed by atoms with Gasteiger partial charge >= 0.3 is 0 Å². The third-order valence-corrected chi connectivity index (χ3v) is 19.1. The molecule has 0 aromatic rings. The van der Waals surface area contributed by atoms with E-state index in [0.29, 0.717) is 0 Å². The molecular formula is C56H96O43. The second-order valence-electron chi connectivity index (χ2n) is 25.6. The Bertz CT molecular complexity index is 2440. The van der Waals surface area contributed by atoms with Gasteiger partial charge in [-0.25, -0.2) is 0 Å². The van der Waals surface area contributed by atoms with Crippen LogP contribution in [0.4, 0.5) is 0 Å². The maximum absolute atomic E-state index is 12.0. The molecule has 43 nitrogen and oxygen atoms in total. The van der Waals surface area contributed by atoms with Crippen LogP contribution in [0.5, 0.6) is 0 Å². The third-order valence-electron chi connectivity index (χ3n) is 19.1. The first-order valence-electron chi connectivity index (χ1n) is 32.0. The van der Waals surface area contributed by atoms with Crippen molar-refractivity contribution in [3.05, 3.63) is 0 Å². The molecule has 0 aliphatic carbocycles. The molecule has 24 N–H and O–H groups in total. The van der Waals surface area contributed by atoms with Crippen molar-refractivity contribution in [2.45, 2.75) is 297 Å². The molecule has 9 aliphatic heterocycles. The van der Waals surface area contributed by atoms with E-state index in [1.807, 2.05) is 0 Å². The van der Waals surface area contributed by atoms with Crippen molar-refractivity contribution in [2.24, 2.45) is 0 Å². The van der Waals surface area contributed by atoms with Gasteiger partial charge in [-0.15, -0.1) is 0 Å². The highest BCUT2D eigenvalue weighted by Crippen LogP contribution is 2.41. The van der Waals surface area contributed by atoms with Crippen LogP contribution in [-0.4, -0.2) is 453 Å². The van der Waals surface area contributed by atoms with E-state index in [1.165, 1.54) is 20.8 Å². The Labute approximate surface area is 562 Å². The summed E-state index contributed by atoms with van der Waals surface area (Å²) >= 11 is 0. The first-order chi connectivity index (χ1) is 46.9. The molecule has 0 spiro atoms. The van der Waals surface area contributed by atoms with E-state index < -0.39 is 316 Å². The van der Waals surface area contributed by atoms with Crippen LogP contribution in [-0.2, 0) is 90.0 Å². The molecule has 0 aromatic heterocycles. The van der Waals surface area contributed by atoms with Crippen LogP contribution in [0.3, 0.4) is 0 Å². The van der Waals surface area contributed by atoms with Crippen LogP contribution >= 0.6 is 0 Å². The van der Waals surface area contributed by atoms with Crippen molar-refractivity contribution in [3.8, 4) is 0 Å². The van der Waals surface area contributed by atoms with Gasteiger partial charge in [-0.3, -0.25) is 0 Å². The van der Waals surface area contributed by atoms with Crippen LogP contribution < -0.4 is 0 Å². The predicted molar refractivity (Wildman–Crippen MR) is 302 cm³/mol. The lowest BCUT2D eigenvalue weighted by molar-refractivity contribution is -0.419. The highest BCUT2D eigenvalue weighted by Gasteiger charge is 2.61. The highest BCUT2D eigenvalue weighted by molar-refractivity contribution is 5.02. The molecule has 0 amide bonds. The minimum absolute atomic E-state index is 0.879. The quantitative estimate of drug-likeness (QED) is 0.0427. The molecule has 99 heavy (non-hydrogen) atoms. The van der Waals surface area contributed by atoms with Gasteiger partial charge in [0.15, 0.2) is 56.6 Å². The van der Waals surface area contributed by atoms with Gasteiger partial charge in [0.2, 0.25) is 0 Å². The predicted octanol–water partition coefficient (Wildman–Crippen LogP) is -16.2. The molecule has 0 radical (unpaired) electrons. The summed E-state index contributed by atoms with van der Waals surface area (Å²) in [6.07, 6.45) is -85.9. The first-order valence-corrected chi connectivity index (χ1v) is 32.0. The van der Waals surface area contributed by atoms with Gasteiger partial charge < -0.3 is 213 Å². The van der Waals surface area contributed by atoms with Crippen LogP contribution in [0, 0.1) is 0 Å². The van der Waals surface area contributed by atoms with Crippen LogP contribution in [0.25, 0.3) is 0 Å². The highest BCUT2D eigenvalue weighted by atomic mass is 16.8. The summed E-state index contributed by atoms with van der Waals surface area (Å²) in [6.45, 7) is -1.98. The van der Waals surface area contributed by atoms with Crippen LogP contribution in [0.2, 0.25) is 0 Å². The smallest absolute Gasteiger partial charge is 0.189 e. The summed E-state index contributed by atoms with van der Waals surface area (Å²) in [5, 5.41) is 263. The molecule has 0 saturated carbocycles. The fourth-order valence-corrected chi connectivity index (χ4v) is 13.1. The van der Waals surface area contributed by atoms with Crippen molar-refractivity contribution < 1.29 is 213 Å². The number of aliphatic hydroxyl groups is 24. The van der Waals surface area contributed by atoms with Gasteiger partial charge in [-0.2, -0.15) is 0 Å². The third kappa shape index (κ3) is 16.7. The maximum atomic E-state index is 12.0. The van der Waals surface area contributed by atoms with Crippen molar-refractivity contribution in [3.63, 3.8) is 0 Å². The molecule has 43 heteroatoms. The lowest BCUT2D eigenvalue weighted by atomic mass is 9.95. The van der Waals surface area contributed by atoms with Gasteiger partial charge in [0.1, 0.15) is 201 Å². The fourth-order valence-electron chi connectivity index (χ4n) is 13.1. The Morgan fingerprint density at radius 3 is 0.768 bits per heavy atom. The van der Waals surface area contributed by atoms with E-state index in [2.05, 4.69) is 0 Å². The average Bonchev–Trinajstić information content (AvgIpc) is 0.773. The summed E-state index contributed by atoms with van der Waals surface area (Å²) in [5.41, 5.74) is 0. The van der Waals surface area contributed by atoms with Crippen LogP contribution in [0.1, 0.15) is 20.8 Å². The molecular weight excluding hydrogens is 1360 g/mol. The van der Waals surface area contributed by atoms with Crippen molar-refractivity contribution in [1.29, 1.82) is 0 Å². The SMILES string of the molecule is CO[C@@H]1[C@@H](O)[C@H](CO)O[C@@H](O[C@H]2[C@H](O[C@H]3[C@H](O[C@@H]4[C@@H](O)[C@H](C)O[C@@H](O[C@@H]5[C@@H](O)[C@@H](O[C@H]6O[C@H](CO)[C@@H](O)[C@H](O)[C@H]6O)O[C@H](CO)[C@H]5O)[C@@H]4O)O[C@@H](C)[C@H](O)[C@H]3O)O[C@@H](CO)[C@H](O)[C@H]2OC)[C@@H]1O[C@@H]1O[C@@H](C)[C@H](O)[C@@H](O)[C@H]1O[C@H]1O[C@H](CO)[C@@H](O)[C@H](O[C@H]2O[C@H](CO)[C@@H](O)[C@H](O)[C@@H]2O)[C@@H]1O. The molecule has 9 rings (SSSR count). The van der Waals surface area contributed by atoms with E-state index in [0.717, 1.165) is 14.2 Å². The molecule has 0 aromatic carbocycles. The number of ether oxygens (including phenoxy) is 19. The molecule has 0 bridgehead atoms. The van der Waals surface area contributed by atoms with Crippen molar-refractivity contribution in [1.82, 2.24) is 0 Å². The lowest BCUT2D eigenvalue weighted by Gasteiger charge is -2.51. The summed E-state index contributed by atoms with van der Waals surface area (Å²) in [4.78, 5) is 0. The maximum Gasteiger partial charge on any atom is 0.189 e. The molecule has 9 heterocycles. The molecule has 9 fully saturated rings. The van der Waals surface area contributed by atoms with E-state index in [-0.39, 0.29) is 0 Å². The van der Waals surface area contributed by atoms with Crippen molar-refractivity contribution in [2.75, 3.05) is 53.9 Å². The minimum atomic E-state index is -2.23. The van der Waals surface area contributed by atoms with Gasteiger partial charge in [0.05, 0.1) is 58.0 Å². The molecule has 45 atom stereocenters. The second-order valence-corrected chi connectivity index (χ2v) is 25.6. The lowest BCUT2D eigenvalue weighted by Crippen LogP contribution is -2.69. The zero-order chi connectivity index (χ0) is 72.7. The monoisotopic (exact) mass is 1460 g/mol. The summed E-state index contributed by atoms with van der Waals surface area (Å²) in [6, 6.07) is 0. The van der Waals surface area contributed by atoms with E-state index >= 15 is 0 Å².